The summed E-state index contributed by atoms with van der Waals surface area (Å²) in [6.07, 6.45) is 4.23. The zero-order valence-corrected chi connectivity index (χ0v) is 24.0. The Balaban J connectivity index is 1.85. The van der Waals surface area contributed by atoms with E-state index in [4.69, 9.17) is 4.74 Å². The molecule has 0 saturated carbocycles. The number of halogens is 1. The van der Waals surface area contributed by atoms with Crippen molar-refractivity contribution in [2.75, 3.05) is 24.7 Å². The summed E-state index contributed by atoms with van der Waals surface area (Å²) < 4.78 is 4.62. The molecule has 200 valence electrons. The highest BCUT2D eigenvalue weighted by Crippen LogP contribution is 2.68. The van der Waals surface area contributed by atoms with Gasteiger partial charge >= 0.3 is 5.97 Å². The molecule has 1 spiro atoms. The van der Waals surface area contributed by atoms with Gasteiger partial charge in [-0.2, -0.15) is 0 Å². The number of benzene rings is 1. The van der Waals surface area contributed by atoms with Crippen molar-refractivity contribution in [1.82, 2.24) is 4.90 Å². The van der Waals surface area contributed by atoms with Gasteiger partial charge in [-0.1, -0.05) is 53.7 Å². The Labute approximate surface area is 231 Å². The Hall–Kier alpha value is -2.10. The molecule has 0 radical (unpaired) electrons. The number of fused-ring (bicyclic) bond motifs is 1. The fraction of sp³-hybridized carbons (Fsp3) is 0.536. The Morgan fingerprint density at radius 2 is 2.08 bits per heavy atom. The second-order valence-corrected chi connectivity index (χ2v) is 12.8. The highest BCUT2D eigenvalue weighted by Gasteiger charge is 2.76. The maximum absolute atomic E-state index is 14.6. The van der Waals surface area contributed by atoms with Gasteiger partial charge in [0, 0.05) is 22.3 Å². The molecule has 3 aliphatic rings. The molecular formula is C28H35BrN2O5S. The van der Waals surface area contributed by atoms with Gasteiger partial charge in [0.15, 0.2) is 0 Å². The Kier molecular flexibility index (Phi) is 8.26. The molecule has 7 atom stereocenters. The molecular weight excluding hydrogens is 556 g/mol. The van der Waals surface area contributed by atoms with Gasteiger partial charge in [-0.25, -0.2) is 0 Å². The van der Waals surface area contributed by atoms with Gasteiger partial charge in [-0.05, 0) is 43.9 Å². The van der Waals surface area contributed by atoms with Crippen LogP contribution in [0.4, 0.5) is 5.69 Å². The standard InChI is InChI=1S/C28H35BrN2O5S/c1-6-11-30(20-13-16(4)9-10-17(20)5)26(34)24-28-14-19(29)23(37-28)21(27(35)36-12-7-2)22(28)25(33)31(24)18(8-3)15-32/h6-7,9-10,13,18-19,21-24,32H,1-2,8,11-12,14-15H2,3-5H3/t18-,19?,21-,22-,23-,24?,28?/m0/s1. The molecule has 1 aromatic carbocycles. The number of carbonyl (C=O) groups is 3. The smallest absolute Gasteiger partial charge is 0.311 e. The molecule has 1 aromatic rings. The number of rotatable bonds is 10. The number of aliphatic hydroxyl groups is 1. The number of esters is 1. The number of likely N-dealkylation sites (tertiary alicyclic amines) is 1. The maximum atomic E-state index is 14.6. The first-order valence-corrected chi connectivity index (χ1v) is 14.5. The number of aryl methyl sites for hydroxylation is 2. The SMILES string of the molecule is C=CCOC(=O)[C@H]1[C@H]2C(=O)N([C@@H](CC)CO)C(C(=O)N(CC=C)c3cc(C)ccc3C)C23CC(Br)[C@@H]1S3. The molecule has 2 amide bonds. The van der Waals surface area contributed by atoms with E-state index in [1.54, 1.807) is 27.6 Å². The first kappa shape index (κ1) is 27.9. The number of nitrogens with zero attached hydrogens (tertiary/aromatic N) is 2. The van der Waals surface area contributed by atoms with Crippen LogP contribution in [0.25, 0.3) is 0 Å². The number of amides is 2. The van der Waals surface area contributed by atoms with Gasteiger partial charge in [0.2, 0.25) is 5.91 Å². The lowest BCUT2D eigenvalue weighted by Gasteiger charge is -2.40. The normalized spacial score (nSPS) is 30.7. The van der Waals surface area contributed by atoms with Crippen LogP contribution in [-0.4, -0.2) is 74.5 Å². The molecule has 2 bridgehead atoms. The van der Waals surface area contributed by atoms with Crippen molar-refractivity contribution >= 4 is 51.2 Å². The molecule has 3 saturated heterocycles. The summed E-state index contributed by atoms with van der Waals surface area (Å²) in [6, 6.07) is 4.57. The van der Waals surface area contributed by atoms with E-state index in [1.165, 1.54) is 6.08 Å². The molecule has 7 nitrogen and oxygen atoms in total. The minimum Gasteiger partial charge on any atom is -0.461 e. The maximum Gasteiger partial charge on any atom is 0.311 e. The zero-order chi connectivity index (χ0) is 27.1. The molecule has 3 heterocycles. The van der Waals surface area contributed by atoms with Crippen molar-refractivity contribution in [3.05, 3.63) is 54.6 Å². The third-order valence-electron chi connectivity index (χ3n) is 7.89. The first-order chi connectivity index (χ1) is 17.7. The van der Waals surface area contributed by atoms with Crippen LogP contribution in [0.2, 0.25) is 0 Å². The van der Waals surface area contributed by atoms with Crippen molar-refractivity contribution < 1.29 is 24.2 Å². The predicted molar refractivity (Wildman–Crippen MR) is 150 cm³/mol. The number of aliphatic hydroxyl groups excluding tert-OH is 1. The van der Waals surface area contributed by atoms with Crippen LogP contribution in [0.1, 0.15) is 30.9 Å². The van der Waals surface area contributed by atoms with Gasteiger partial charge in [0.1, 0.15) is 12.6 Å². The van der Waals surface area contributed by atoms with E-state index in [0.717, 1.165) is 16.8 Å². The highest BCUT2D eigenvalue weighted by atomic mass is 79.9. The third-order valence-corrected chi connectivity index (χ3v) is 11.1. The van der Waals surface area contributed by atoms with Gasteiger partial charge in [-0.3, -0.25) is 14.4 Å². The fourth-order valence-electron chi connectivity index (χ4n) is 6.25. The minimum atomic E-state index is -0.839. The molecule has 3 unspecified atom stereocenters. The topological polar surface area (TPSA) is 87.1 Å². The number of alkyl halides is 1. The Bertz CT molecular complexity index is 1110. The molecule has 0 aromatic heterocycles. The molecule has 9 heteroatoms. The van der Waals surface area contributed by atoms with Crippen molar-refractivity contribution in [3.8, 4) is 0 Å². The number of thioether (sulfide) groups is 1. The molecule has 3 fully saturated rings. The second-order valence-electron chi connectivity index (χ2n) is 10.1. The molecule has 37 heavy (non-hydrogen) atoms. The summed E-state index contributed by atoms with van der Waals surface area (Å²) in [4.78, 5) is 45.2. The lowest BCUT2D eigenvalue weighted by atomic mass is 9.71. The van der Waals surface area contributed by atoms with E-state index in [9.17, 15) is 19.5 Å². The summed E-state index contributed by atoms with van der Waals surface area (Å²) >= 11 is 5.31. The van der Waals surface area contributed by atoms with Crippen LogP contribution in [-0.2, 0) is 19.1 Å². The molecule has 3 aliphatic heterocycles. The quantitative estimate of drug-likeness (QED) is 0.253. The minimum absolute atomic E-state index is 0.0548. The summed E-state index contributed by atoms with van der Waals surface area (Å²) in [5, 5.41) is 10.1. The van der Waals surface area contributed by atoms with E-state index >= 15 is 0 Å². The van der Waals surface area contributed by atoms with Crippen LogP contribution < -0.4 is 4.90 Å². The van der Waals surface area contributed by atoms with Crippen LogP contribution in [0, 0.1) is 25.7 Å². The van der Waals surface area contributed by atoms with Gasteiger partial charge in [0.05, 0.1) is 29.2 Å². The fourth-order valence-corrected chi connectivity index (χ4v) is 9.84. The summed E-state index contributed by atoms with van der Waals surface area (Å²) in [5.74, 6) is -2.30. The van der Waals surface area contributed by atoms with E-state index in [2.05, 4.69) is 29.1 Å². The van der Waals surface area contributed by atoms with Crippen molar-refractivity contribution in [2.24, 2.45) is 11.8 Å². The number of hydrogen-bond donors (Lipinski definition) is 1. The number of hydrogen-bond acceptors (Lipinski definition) is 6. The summed E-state index contributed by atoms with van der Waals surface area (Å²) in [7, 11) is 0. The molecule has 4 rings (SSSR count). The second kappa shape index (κ2) is 10.9. The van der Waals surface area contributed by atoms with Crippen LogP contribution in [0.5, 0.6) is 0 Å². The van der Waals surface area contributed by atoms with Crippen molar-refractivity contribution in [2.45, 2.75) is 60.5 Å². The van der Waals surface area contributed by atoms with Crippen LogP contribution >= 0.6 is 27.7 Å². The van der Waals surface area contributed by atoms with Gasteiger partial charge in [0.25, 0.3) is 5.91 Å². The van der Waals surface area contributed by atoms with Gasteiger partial charge < -0.3 is 19.6 Å². The average Bonchev–Trinajstić information content (AvgIpc) is 3.47. The Morgan fingerprint density at radius 1 is 1.35 bits per heavy atom. The number of ether oxygens (including phenoxy) is 1. The highest BCUT2D eigenvalue weighted by molar-refractivity contribution is 9.09. The van der Waals surface area contributed by atoms with E-state index < -0.39 is 34.6 Å². The van der Waals surface area contributed by atoms with Crippen molar-refractivity contribution in [3.63, 3.8) is 0 Å². The largest absolute Gasteiger partial charge is 0.461 e. The zero-order valence-electron chi connectivity index (χ0n) is 21.6. The average molecular weight is 592 g/mol. The third kappa shape index (κ3) is 4.46. The van der Waals surface area contributed by atoms with Crippen LogP contribution in [0.15, 0.2) is 43.5 Å². The Morgan fingerprint density at radius 3 is 2.70 bits per heavy atom. The summed E-state index contributed by atoms with van der Waals surface area (Å²) in [5.41, 5.74) is 2.72. The lowest BCUT2D eigenvalue weighted by molar-refractivity contribution is -0.153. The van der Waals surface area contributed by atoms with E-state index in [-0.39, 0.29) is 41.6 Å². The monoisotopic (exact) mass is 590 g/mol. The van der Waals surface area contributed by atoms with E-state index in [1.807, 2.05) is 39.0 Å². The van der Waals surface area contributed by atoms with E-state index in [0.29, 0.717) is 12.8 Å². The number of carbonyl (C=O) groups excluding carboxylic acids is 3. The predicted octanol–water partition coefficient (Wildman–Crippen LogP) is 3.79. The first-order valence-electron chi connectivity index (χ1n) is 12.7. The lowest BCUT2D eigenvalue weighted by Crippen LogP contribution is -2.58. The van der Waals surface area contributed by atoms with Crippen molar-refractivity contribution in [1.29, 1.82) is 0 Å². The summed E-state index contributed by atoms with van der Waals surface area (Å²) in [6.45, 7) is 13.4. The van der Waals surface area contributed by atoms with Crippen LogP contribution in [0.3, 0.4) is 0 Å². The van der Waals surface area contributed by atoms with Gasteiger partial charge in [-0.15, -0.1) is 18.3 Å². The number of anilines is 1. The molecule has 1 N–H and O–H groups in total. The molecule has 0 aliphatic carbocycles.